The van der Waals surface area contributed by atoms with E-state index in [2.05, 4.69) is 15.1 Å². The van der Waals surface area contributed by atoms with Crippen molar-refractivity contribution in [2.24, 2.45) is 0 Å². The monoisotopic (exact) mass is 237 g/mol. The zero-order valence-electron chi connectivity index (χ0n) is 10.2. The van der Waals surface area contributed by atoms with Gasteiger partial charge in [0.15, 0.2) is 0 Å². The highest BCUT2D eigenvalue weighted by atomic mass is 35.5. The van der Waals surface area contributed by atoms with E-state index in [-0.39, 0.29) is 0 Å². The molecule has 2 aromatic rings. The molecule has 0 aliphatic rings. The second kappa shape index (κ2) is 4.61. The molecule has 0 aliphatic carbocycles. The summed E-state index contributed by atoms with van der Waals surface area (Å²) in [6.45, 7) is 3.54. The standard InChI is InChI=1S/C11H13ClN4/c1-8(2)16-10(3-4-15-16)11-9(5-12)6-13-7-14-11/h3-4,6-8H,5H2,1-2H3/i8D. The lowest BCUT2D eigenvalue weighted by atomic mass is 10.2. The molecule has 0 aliphatic heterocycles. The van der Waals surface area contributed by atoms with Gasteiger partial charge in [-0.1, -0.05) is 0 Å². The van der Waals surface area contributed by atoms with Crippen LogP contribution in [0.1, 0.15) is 26.8 Å². The van der Waals surface area contributed by atoms with Gasteiger partial charge in [0.25, 0.3) is 0 Å². The number of aromatic nitrogens is 4. The predicted octanol–water partition coefficient (Wildman–Crippen LogP) is 2.66. The Labute approximate surface area is 101 Å². The molecule has 2 rings (SSSR count). The first-order chi connectivity index (χ1) is 8.04. The Hall–Kier alpha value is -1.42. The fourth-order valence-electron chi connectivity index (χ4n) is 1.53. The molecule has 0 N–H and O–H groups in total. The summed E-state index contributed by atoms with van der Waals surface area (Å²) in [5.41, 5.74) is 2.34. The molecule has 16 heavy (non-hydrogen) atoms. The first-order valence-electron chi connectivity index (χ1n) is 5.44. The topological polar surface area (TPSA) is 43.6 Å². The maximum Gasteiger partial charge on any atom is 0.116 e. The van der Waals surface area contributed by atoms with Crippen molar-refractivity contribution in [3.63, 3.8) is 0 Å². The van der Waals surface area contributed by atoms with Crippen LogP contribution >= 0.6 is 11.6 Å². The smallest absolute Gasteiger partial charge is 0.116 e. The molecule has 0 spiro atoms. The Morgan fingerprint density at radius 3 is 3.06 bits per heavy atom. The van der Waals surface area contributed by atoms with Crippen LogP contribution in [-0.4, -0.2) is 19.7 Å². The molecule has 0 saturated carbocycles. The SMILES string of the molecule is [2H]C(C)(C)n1nccc1-c1ncncc1CCl. The van der Waals surface area contributed by atoms with Gasteiger partial charge in [0.1, 0.15) is 6.33 Å². The van der Waals surface area contributed by atoms with Crippen LogP contribution in [0.25, 0.3) is 11.4 Å². The zero-order valence-corrected chi connectivity index (χ0v) is 9.94. The first kappa shape index (κ1) is 9.78. The Kier molecular flexibility index (Phi) is 2.82. The van der Waals surface area contributed by atoms with Crippen LogP contribution < -0.4 is 0 Å². The van der Waals surface area contributed by atoms with Crippen LogP contribution in [-0.2, 0) is 5.88 Å². The molecule has 5 heteroatoms. The summed E-state index contributed by atoms with van der Waals surface area (Å²) in [6.07, 6.45) is 4.81. The fraction of sp³-hybridized carbons (Fsp3) is 0.364. The van der Waals surface area contributed by atoms with Crippen molar-refractivity contribution in [3.05, 3.63) is 30.4 Å². The summed E-state index contributed by atoms with van der Waals surface area (Å²) < 4.78 is 9.65. The largest absolute Gasteiger partial charge is 0.261 e. The fourth-order valence-corrected chi connectivity index (χ4v) is 1.72. The quantitative estimate of drug-likeness (QED) is 0.771. The third kappa shape index (κ3) is 1.93. The summed E-state index contributed by atoms with van der Waals surface area (Å²) >= 11 is 5.86. The van der Waals surface area contributed by atoms with E-state index in [0.717, 1.165) is 17.0 Å². The number of hydrogen-bond acceptors (Lipinski definition) is 3. The van der Waals surface area contributed by atoms with Gasteiger partial charge in [-0.3, -0.25) is 4.68 Å². The maximum atomic E-state index is 8.03. The number of alkyl halides is 1. The minimum atomic E-state index is -0.840. The van der Waals surface area contributed by atoms with Crippen molar-refractivity contribution in [2.75, 3.05) is 0 Å². The lowest BCUT2D eigenvalue weighted by Crippen LogP contribution is -2.06. The first-order valence-corrected chi connectivity index (χ1v) is 5.47. The highest BCUT2D eigenvalue weighted by Gasteiger charge is 2.12. The Morgan fingerprint density at radius 2 is 2.38 bits per heavy atom. The summed E-state index contributed by atoms with van der Waals surface area (Å²) in [7, 11) is 0. The molecule has 0 aromatic carbocycles. The van der Waals surface area contributed by atoms with E-state index in [9.17, 15) is 0 Å². The third-order valence-electron chi connectivity index (χ3n) is 2.24. The number of nitrogens with zero attached hydrogens (tertiary/aromatic N) is 4. The average molecular weight is 238 g/mol. The van der Waals surface area contributed by atoms with Crippen LogP contribution in [0.2, 0.25) is 0 Å². The molecule has 2 heterocycles. The number of rotatable bonds is 3. The highest BCUT2D eigenvalue weighted by Crippen LogP contribution is 2.23. The van der Waals surface area contributed by atoms with E-state index in [0.29, 0.717) is 5.88 Å². The van der Waals surface area contributed by atoms with Crippen molar-refractivity contribution in [1.29, 1.82) is 0 Å². The van der Waals surface area contributed by atoms with Crippen LogP contribution in [0, 0.1) is 0 Å². The van der Waals surface area contributed by atoms with E-state index in [4.69, 9.17) is 13.0 Å². The molecule has 0 fully saturated rings. The molecule has 0 amide bonds. The zero-order chi connectivity index (χ0) is 12.5. The van der Waals surface area contributed by atoms with E-state index < -0.39 is 6.02 Å². The van der Waals surface area contributed by atoms with Crippen molar-refractivity contribution in [1.82, 2.24) is 19.7 Å². The Bertz CT molecular complexity index is 518. The summed E-state index contributed by atoms with van der Waals surface area (Å²) in [5, 5.41) is 4.16. The maximum absolute atomic E-state index is 8.03. The lowest BCUT2D eigenvalue weighted by Gasteiger charge is -2.11. The molecule has 0 bridgehead atoms. The molecule has 0 saturated heterocycles. The van der Waals surface area contributed by atoms with Crippen molar-refractivity contribution < 1.29 is 1.37 Å². The second-order valence-corrected chi connectivity index (χ2v) is 3.87. The van der Waals surface area contributed by atoms with Gasteiger partial charge in [0, 0.05) is 24.0 Å². The summed E-state index contributed by atoms with van der Waals surface area (Å²) in [5.74, 6) is 0.333. The Morgan fingerprint density at radius 1 is 1.56 bits per heavy atom. The van der Waals surface area contributed by atoms with Crippen LogP contribution in [0.15, 0.2) is 24.8 Å². The second-order valence-electron chi connectivity index (χ2n) is 3.61. The van der Waals surface area contributed by atoms with Crippen LogP contribution in [0.3, 0.4) is 0 Å². The van der Waals surface area contributed by atoms with Crippen LogP contribution in [0.4, 0.5) is 0 Å². The highest BCUT2D eigenvalue weighted by molar-refractivity contribution is 6.17. The molecular formula is C11H13ClN4. The number of halogens is 1. The van der Waals surface area contributed by atoms with Crippen LogP contribution in [0.5, 0.6) is 0 Å². The molecule has 84 valence electrons. The molecule has 0 atom stereocenters. The van der Waals surface area contributed by atoms with Gasteiger partial charge in [-0.15, -0.1) is 11.6 Å². The number of hydrogen-bond donors (Lipinski definition) is 0. The predicted molar refractivity (Wildman–Crippen MR) is 63.2 cm³/mol. The normalized spacial score (nSPS) is 12.6. The van der Waals surface area contributed by atoms with Crippen molar-refractivity contribution in [3.8, 4) is 11.4 Å². The van der Waals surface area contributed by atoms with Gasteiger partial charge in [-0.25, -0.2) is 9.97 Å². The van der Waals surface area contributed by atoms with E-state index >= 15 is 0 Å². The van der Waals surface area contributed by atoms with Gasteiger partial charge in [0.05, 0.1) is 18.6 Å². The van der Waals surface area contributed by atoms with Gasteiger partial charge < -0.3 is 0 Å². The minimum absolute atomic E-state index is 0.333. The molecule has 4 nitrogen and oxygen atoms in total. The van der Waals surface area contributed by atoms with Gasteiger partial charge in [-0.05, 0) is 19.9 Å². The third-order valence-corrected chi connectivity index (χ3v) is 2.53. The summed E-state index contributed by atoms with van der Waals surface area (Å²) in [4.78, 5) is 8.17. The molecule has 0 radical (unpaired) electrons. The molecule has 2 aromatic heterocycles. The van der Waals surface area contributed by atoms with Gasteiger partial charge >= 0.3 is 0 Å². The van der Waals surface area contributed by atoms with E-state index in [1.54, 1.807) is 30.9 Å². The van der Waals surface area contributed by atoms with E-state index in [1.807, 2.05) is 6.07 Å². The van der Waals surface area contributed by atoms with E-state index in [1.165, 1.54) is 6.33 Å². The average Bonchev–Trinajstić information content (AvgIpc) is 2.77. The minimum Gasteiger partial charge on any atom is -0.261 e. The van der Waals surface area contributed by atoms with Crippen molar-refractivity contribution >= 4 is 11.6 Å². The van der Waals surface area contributed by atoms with Gasteiger partial charge in [0.2, 0.25) is 0 Å². The van der Waals surface area contributed by atoms with Crippen molar-refractivity contribution in [2.45, 2.75) is 25.7 Å². The summed E-state index contributed by atoms with van der Waals surface area (Å²) in [6, 6.07) is 0.988. The molecule has 0 unspecified atom stereocenters. The van der Waals surface area contributed by atoms with Gasteiger partial charge in [-0.2, -0.15) is 5.10 Å². The molecular weight excluding hydrogens is 224 g/mol. The lowest BCUT2D eigenvalue weighted by molar-refractivity contribution is 0.537. The Balaban J connectivity index is 2.58.